The Kier molecular flexibility index (Phi) is 6.04. The zero-order valence-corrected chi connectivity index (χ0v) is 13.8. The van der Waals surface area contributed by atoms with Crippen LogP contribution in [0, 0.1) is 5.41 Å². The minimum Gasteiger partial charge on any atom is -0.500 e. The molecule has 1 aromatic carbocycles. The van der Waals surface area contributed by atoms with E-state index in [0.29, 0.717) is 11.4 Å². The number of amides is 2. The summed E-state index contributed by atoms with van der Waals surface area (Å²) in [5, 5.41) is 5.38. The van der Waals surface area contributed by atoms with Gasteiger partial charge < -0.3 is 20.1 Å². The lowest BCUT2D eigenvalue weighted by Crippen LogP contribution is -2.27. The highest BCUT2D eigenvalue weighted by molar-refractivity contribution is 5.90. The summed E-state index contributed by atoms with van der Waals surface area (Å²) in [5.41, 5.74) is 0.960. The van der Waals surface area contributed by atoms with Gasteiger partial charge in [-0.05, 0) is 30.3 Å². The number of carbonyl (C=O) groups is 1. The second kappa shape index (κ2) is 7.54. The smallest absolute Gasteiger partial charge is 0.323 e. The molecule has 2 amide bonds. The lowest BCUT2D eigenvalue weighted by Gasteiger charge is -2.22. The van der Waals surface area contributed by atoms with Gasteiger partial charge in [-0.1, -0.05) is 27.4 Å². The number of anilines is 1. The van der Waals surface area contributed by atoms with Crippen molar-refractivity contribution >= 4 is 11.7 Å². The van der Waals surface area contributed by atoms with Crippen molar-refractivity contribution in [3.63, 3.8) is 0 Å². The number of hydrogen-bond acceptors (Lipinski definition) is 3. The van der Waals surface area contributed by atoms with Gasteiger partial charge in [0.2, 0.25) is 0 Å². The van der Waals surface area contributed by atoms with Crippen LogP contribution in [0.5, 0.6) is 5.75 Å². The van der Waals surface area contributed by atoms with E-state index in [1.165, 1.54) is 0 Å². The van der Waals surface area contributed by atoms with Gasteiger partial charge in [0, 0.05) is 16.8 Å². The molecule has 0 radical (unpaired) electrons. The third kappa shape index (κ3) is 5.52. The molecule has 0 bridgehead atoms. The van der Waals surface area contributed by atoms with Gasteiger partial charge in [-0.3, -0.25) is 0 Å². The molecule has 0 fully saturated rings. The molecule has 0 spiro atoms. The van der Waals surface area contributed by atoms with Gasteiger partial charge in [0.15, 0.2) is 0 Å². The summed E-state index contributed by atoms with van der Waals surface area (Å²) < 4.78 is 10.4. The number of nitrogens with one attached hydrogen (secondary N) is 2. The molecule has 0 aliphatic rings. The van der Waals surface area contributed by atoms with Crippen molar-refractivity contribution in [1.29, 1.82) is 0 Å². The topological polar surface area (TPSA) is 59.6 Å². The van der Waals surface area contributed by atoms with Crippen molar-refractivity contribution in [2.24, 2.45) is 5.41 Å². The van der Waals surface area contributed by atoms with Crippen molar-refractivity contribution < 1.29 is 14.3 Å². The Morgan fingerprint density at radius 3 is 2.23 bits per heavy atom. The van der Waals surface area contributed by atoms with Crippen LogP contribution in [0.2, 0.25) is 0 Å². The van der Waals surface area contributed by atoms with E-state index in [9.17, 15) is 4.79 Å². The highest BCUT2D eigenvalue weighted by atomic mass is 16.5. The number of rotatable bonds is 5. The van der Waals surface area contributed by atoms with Gasteiger partial charge in [-0.15, -0.1) is 0 Å². The SMILES string of the molecule is C=C(/C=C(\OC)C(C)(C)C)NC(=O)Nc1ccc(OC)cc1. The molecular formula is C17H24N2O3. The molecule has 22 heavy (non-hydrogen) atoms. The van der Waals surface area contributed by atoms with Gasteiger partial charge >= 0.3 is 6.03 Å². The van der Waals surface area contributed by atoms with Crippen LogP contribution in [0.1, 0.15) is 20.8 Å². The highest BCUT2D eigenvalue weighted by Crippen LogP contribution is 2.26. The molecule has 0 aliphatic heterocycles. The minimum absolute atomic E-state index is 0.161. The second-order valence-electron chi connectivity index (χ2n) is 5.80. The average Bonchev–Trinajstić information content (AvgIpc) is 2.44. The Morgan fingerprint density at radius 2 is 1.77 bits per heavy atom. The molecule has 120 valence electrons. The summed E-state index contributed by atoms with van der Waals surface area (Å²) in [6.45, 7) is 9.88. The average molecular weight is 304 g/mol. The molecule has 2 N–H and O–H groups in total. The Hall–Kier alpha value is -2.43. The number of hydrogen-bond donors (Lipinski definition) is 2. The lowest BCUT2D eigenvalue weighted by molar-refractivity contribution is 0.206. The first-order valence-electron chi connectivity index (χ1n) is 6.93. The normalized spacial score (nSPS) is 11.6. The largest absolute Gasteiger partial charge is 0.500 e. The molecule has 0 saturated carbocycles. The lowest BCUT2D eigenvalue weighted by atomic mass is 9.93. The van der Waals surface area contributed by atoms with Gasteiger partial charge in [-0.25, -0.2) is 4.79 Å². The Morgan fingerprint density at radius 1 is 1.18 bits per heavy atom. The summed E-state index contributed by atoms with van der Waals surface area (Å²) in [6.07, 6.45) is 1.72. The maximum absolute atomic E-state index is 11.9. The fraction of sp³-hybridized carbons (Fsp3) is 0.353. The van der Waals surface area contributed by atoms with Gasteiger partial charge in [-0.2, -0.15) is 0 Å². The molecule has 1 aromatic rings. The van der Waals surface area contributed by atoms with Gasteiger partial charge in [0.05, 0.1) is 14.2 Å². The standard InChI is InChI=1S/C17H24N2O3/c1-12(11-15(22-6)17(2,3)4)18-16(20)19-13-7-9-14(21-5)10-8-13/h7-11H,1H2,2-6H3,(H2,18,19,20)/b15-11-. The second-order valence-corrected chi connectivity index (χ2v) is 5.80. The Balaban J connectivity index is 2.64. The van der Waals surface area contributed by atoms with Crippen LogP contribution in [-0.2, 0) is 4.74 Å². The molecule has 0 unspecified atom stereocenters. The first-order chi connectivity index (χ1) is 10.3. The van der Waals surface area contributed by atoms with E-state index in [2.05, 4.69) is 17.2 Å². The van der Waals surface area contributed by atoms with E-state index in [1.54, 1.807) is 44.6 Å². The highest BCUT2D eigenvalue weighted by Gasteiger charge is 2.18. The zero-order valence-electron chi connectivity index (χ0n) is 13.8. The van der Waals surface area contributed by atoms with E-state index in [0.717, 1.165) is 11.5 Å². The Labute approximate surface area is 132 Å². The van der Waals surface area contributed by atoms with Crippen LogP contribution < -0.4 is 15.4 Å². The van der Waals surface area contributed by atoms with Gasteiger partial charge in [0.1, 0.15) is 11.5 Å². The molecule has 0 heterocycles. The summed E-state index contributed by atoms with van der Waals surface area (Å²) in [4.78, 5) is 11.9. The molecule has 0 aromatic heterocycles. The number of ether oxygens (including phenoxy) is 2. The van der Waals surface area contributed by atoms with Crippen LogP contribution in [0.3, 0.4) is 0 Å². The maximum atomic E-state index is 11.9. The van der Waals surface area contributed by atoms with Crippen LogP contribution >= 0.6 is 0 Å². The first-order valence-corrected chi connectivity index (χ1v) is 6.93. The Bertz CT molecular complexity index is 554. The minimum atomic E-state index is -0.365. The van der Waals surface area contributed by atoms with Crippen molar-refractivity contribution in [3.8, 4) is 5.75 Å². The molecule has 0 saturated heterocycles. The summed E-state index contributed by atoms with van der Waals surface area (Å²) in [7, 11) is 3.19. The molecule has 0 atom stereocenters. The quantitative estimate of drug-likeness (QED) is 0.640. The van der Waals surface area contributed by atoms with Crippen molar-refractivity contribution in [2.45, 2.75) is 20.8 Å². The number of benzene rings is 1. The summed E-state index contributed by atoms with van der Waals surface area (Å²) >= 11 is 0. The van der Waals surface area contributed by atoms with Crippen LogP contribution in [0.15, 0.2) is 48.4 Å². The van der Waals surface area contributed by atoms with E-state index < -0.39 is 0 Å². The molecule has 0 aliphatic carbocycles. The molecule has 5 nitrogen and oxygen atoms in total. The third-order valence-electron chi connectivity index (χ3n) is 2.89. The number of urea groups is 1. The molecule has 1 rings (SSSR count). The van der Waals surface area contributed by atoms with Crippen molar-refractivity contribution in [2.75, 3.05) is 19.5 Å². The van der Waals surface area contributed by atoms with E-state index >= 15 is 0 Å². The number of allylic oxidation sites excluding steroid dienone is 2. The maximum Gasteiger partial charge on any atom is 0.323 e. The van der Waals surface area contributed by atoms with E-state index in [4.69, 9.17) is 9.47 Å². The van der Waals surface area contributed by atoms with Crippen molar-refractivity contribution in [3.05, 3.63) is 48.4 Å². The third-order valence-corrected chi connectivity index (χ3v) is 2.89. The van der Waals surface area contributed by atoms with Crippen LogP contribution in [0.25, 0.3) is 0 Å². The molecular weight excluding hydrogens is 280 g/mol. The number of methoxy groups -OCH3 is 2. The zero-order chi connectivity index (χ0) is 16.8. The predicted octanol–water partition coefficient (Wildman–Crippen LogP) is 3.91. The van der Waals surface area contributed by atoms with Crippen molar-refractivity contribution in [1.82, 2.24) is 5.32 Å². The van der Waals surface area contributed by atoms with E-state index in [-0.39, 0.29) is 11.4 Å². The monoisotopic (exact) mass is 304 g/mol. The molecule has 5 heteroatoms. The van der Waals surface area contributed by atoms with Gasteiger partial charge in [0.25, 0.3) is 0 Å². The fourth-order valence-corrected chi connectivity index (χ4v) is 1.76. The van der Waals surface area contributed by atoms with Crippen LogP contribution in [0.4, 0.5) is 10.5 Å². The summed E-state index contributed by atoms with van der Waals surface area (Å²) in [5.74, 6) is 1.47. The predicted molar refractivity (Wildman–Crippen MR) is 88.8 cm³/mol. The fourth-order valence-electron chi connectivity index (χ4n) is 1.76. The van der Waals surface area contributed by atoms with Crippen LogP contribution in [-0.4, -0.2) is 20.3 Å². The summed E-state index contributed by atoms with van der Waals surface area (Å²) in [6, 6.07) is 6.69. The number of carbonyl (C=O) groups excluding carboxylic acids is 1. The van der Waals surface area contributed by atoms with E-state index in [1.807, 2.05) is 20.8 Å². The first kappa shape index (κ1) is 17.6.